The number of aromatic nitrogens is 3. The molecule has 29 heavy (non-hydrogen) atoms. The molecule has 2 saturated heterocycles. The molecule has 3 fully saturated rings. The Morgan fingerprint density at radius 3 is 2.93 bits per heavy atom. The molecule has 4 heterocycles. The van der Waals surface area contributed by atoms with Crippen LogP contribution < -0.4 is 9.64 Å². The van der Waals surface area contributed by atoms with E-state index >= 15 is 0 Å². The average Bonchev–Trinajstić information content (AvgIpc) is 3.17. The van der Waals surface area contributed by atoms with Crippen LogP contribution in [0.3, 0.4) is 0 Å². The zero-order valence-corrected chi connectivity index (χ0v) is 16.7. The summed E-state index contributed by atoms with van der Waals surface area (Å²) in [6.07, 6.45) is 2.17. The molecular formula is C19H21ClF3N5O. The van der Waals surface area contributed by atoms with E-state index in [1.165, 1.54) is 6.20 Å². The molecule has 156 valence electrons. The lowest BCUT2D eigenvalue weighted by Crippen LogP contribution is -2.43. The Morgan fingerprint density at radius 2 is 2.17 bits per heavy atom. The van der Waals surface area contributed by atoms with Crippen LogP contribution in [0.15, 0.2) is 6.20 Å². The zero-order chi connectivity index (χ0) is 20.3. The van der Waals surface area contributed by atoms with Crippen LogP contribution >= 0.6 is 11.6 Å². The molecule has 4 atom stereocenters. The van der Waals surface area contributed by atoms with E-state index < -0.39 is 18.2 Å². The van der Waals surface area contributed by atoms with Crippen molar-refractivity contribution >= 4 is 28.3 Å². The minimum Gasteiger partial charge on any atom is -0.461 e. The highest BCUT2D eigenvalue weighted by molar-refractivity contribution is 6.30. The van der Waals surface area contributed by atoms with Crippen LogP contribution in [0.1, 0.15) is 25.7 Å². The van der Waals surface area contributed by atoms with Crippen LogP contribution in [-0.4, -0.2) is 70.5 Å². The molecule has 0 unspecified atom stereocenters. The third-order valence-electron chi connectivity index (χ3n) is 6.34. The van der Waals surface area contributed by atoms with Crippen molar-refractivity contribution < 1.29 is 17.9 Å². The Bertz CT molecular complexity index is 965. The number of ether oxygens (including phenoxy) is 1. The van der Waals surface area contributed by atoms with Crippen molar-refractivity contribution in [3.8, 4) is 6.01 Å². The summed E-state index contributed by atoms with van der Waals surface area (Å²) in [6, 6.07) is -0.356. The summed E-state index contributed by atoms with van der Waals surface area (Å²) in [5.41, 5.74) is -0.401. The van der Waals surface area contributed by atoms with Gasteiger partial charge in [-0.15, -0.1) is 0 Å². The van der Waals surface area contributed by atoms with E-state index in [0.29, 0.717) is 30.6 Å². The van der Waals surface area contributed by atoms with Crippen LogP contribution in [-0.2, 0) is 0 Å². The molecule has 2 aromatic rings. The van der Waals surface area contributed by atoms with Gasteiger partial charge in [0.25, 0.3) is 0 Å². The van der Waals surface area contributed by atoms with E-state index in [9.17, 15) is 13.2 Å². The molecule has 0 amide bonds. The summed E-state index contributed by atoms with van der Waals surface area (Å²) in [5.74, 6) is -0.433. The number of hydrogen-bond donors (Lipinski definition) is 0. The Morgan fingerprint density at radius 1 is 1.38 bits per heavy atom. The molecule has 0 bridgehead atoms. The fourth-order valence-electron chi connectivity index (χ4n) is 4.69. The molecule has 10 heteroatoms. The van der Waals surface area contributed by atoms with Crippen LogP contribution in [0.5, 0.6) is 6.01 Å². The van der Waals surface area contributed by atoms with Gasteiger partial charge in [-0.3, -0.25) is 4.90 Å². The first kappa shape index (κ1) is 19.1. The summed E-state index contributed by atoms with van der Waals surface area (Å²) in [5, 5.41) is 0.0355. The highest BCUT2D eigenvalue weighted by Crippen LogP contribution is 2.41. The maximum absolute atomic E-state index is 14.6. The molecular weight excluding hydrogens is 407 g/mol. The predicted octanol–water partition coefficient (Wildman–Crippen LogP) is 3.32. The predicted molar refractivity (Wildman–Crippen MR) is 103 cm³/mol. The highest BCUT2D eigenvalue weighted by Gasteiger charge is 2.49. The molecule has 0 aromatic carbocycles. The van der Waals surface area contributed by atoms with Gasteiger partial charge < -0.3 is 9.64 Å². The van der Waals surface area contributed by atoms with Crippen molar-refractivity contribution in [3.63, 3.8) is 0 Å². The number of nitrogens with zero attached hydrogens (tertiary/aromatic N) is 5. The lowest BCUT2D eigenvalue weighted by Gasteiger charge is -2.31. The summed E-state index contributed by atoms with van der Waals surface area (Å²) in [4.78, 5) is 16.2. The minimum atomic E-state index is -0.953. The second-order valence-corrected chi connectivity index (χ2v) is 8.61. The van der Waals surface area contributed by atoms with Crippen molar-refractivity contribution in [3.05, 3.63) is 17.2 Å². The molecule has 1 aliphatic carbocycles. The molecule has 1 saturated carbocycles. The topological polar surface area (TPSA) is 54.4 Å². The molecule has 5 rings (SSSR count). The van der Waals surface area contributed by atoms with Crippen LogP contribution in [0, 0.1) is 5.82 Å². The van der Waals surface area contributed by atoms with E-state index in [1.807, 2.05) is 0 Å². The first-order chi connectivity index (χ1) is 13.9. The van der Waals surface area contributed by atoms with Crippen LogP contribution in [0.25, 0.3) is 10.9 Å². The van der Waals surface area contributed by atoms with E-state index in [2.05, 4.69) is 19.9 Å². The largest absolute Gasteiger partial charge is 0.461 e. The molecule has 0 radical (unpaired) electrons. The van der Waals surface area contributed by atoms with Gasteiger partial charge in [0.2, 0.25) is 0 Å². The van der Waals surface area contributed by atoms with Gasteiger partial charge in [0.15, 0.2) is 11.0 Å². The fourth-order valence-corrected chi connectivity index (χ4v) is 4.83. The van der Waals surface area contributed by atoms with Gasteiger partial charge in [0, 0.05) is 32.6 Å². The maximum atomic E-state index is 14.6. The van der Waals surface area contributed by atoms with E-state index in [1.54, 1.807) is 11.9 Å². The molecule has 2 aliphatic heterocycles. The van der Waals surface area contributed by atoms with E-state index in [4.69, 9.17) is 16.3 Å². The second-order valence-electron chi connectivity index (χ2n) is 8.25. The molecule has 6 nitrogen and oxygen atoms in total. The third kappa shape index (κ3) is 3.18. The first-order valence-corrected chi connectivity index (χ1v) is 10.2. The monoisotopic (exact) mass is 427 g/mol. The average molecular weight is 428 g/mol. The number of hydrogen-bond acceptors (Lipinski definition) is 6. The van der Waals surface area contributed by atoms with Gasteiger partial charge in [0.05, 0.1) is 17.0 Å². The Balaban J connectivity index is 1.49. The number of fused-ring (bicyclic) bond motifs is 2. The Kier molecular flexibility index (Phi) is 4.51. The SMILES string of the molecule is CN(c1nc(OC[C@@]23CCCN2C[C@H](F)C3)nc2c(F)c(Cl)ncc12)[C@@H]1C[C@@H]1F. The van der Waals surface area contributed by atoms with Crippen molar-refractivity contribution in [2.75, 3.05) is 31.6 Å². The highest BCUT2D eigenvalue weighted by atomic mass is 35.5. The van der Waals surface area contributed by atoms with Gasteiger partial charge in [-0.1, -0.05) is 11.6 Å². The minimum absolute atomic E-state index is 0.0246. The number of alkyl halides is 2. The third-order valence-corrected chi connectivity index (χ3v) is 6.61. The van der Waals surface area contributed by atoms with Crippen LogP contribution in [0.2, 0.25) is 5.15 Å². The van der Waals surface area contributed by atoms with Crippen molar-refractivity contribution in [1.82, 2.24) is 19.9 Å². The van der Waals surface area contributed by atoms with Gasteiger partial charge in [0.1, 0.15) is 30.3 Å². The number of rotatable bonds is 5. The molecule has 2 aromatic heterocycles. The standard InChI is InChI=1S/C19H21ClF3N5O/c1-27(13-5-12(13)22)17-11-7-24-16(20)14(23)15(11)25-18(26-17)29-9-19-3-2-4-28(19)8-10(21)6-19/h7,10,12-13H,2-6,8-9H2,1H3/t10-,12+,13-,19+/m1/s1. The smallest absolute Gasteiger partial charge is 0.319 e. The Labute approximate surface area is 171 Å². The van der Waals surface area contributed by atoms with Gasteiger partial charge in [-0.25, -0.2) is 18.2 Å². The molecule has 0 N–H and O–H groups in total. The van der Waals surface area contributed by atoms with Crippen LogP contribution in [0.4, 0.5) is 19.0 Å². The van der Waals surface area contributed by atoms with Gasteiger partial charge in [-0.05, 0) is 19.4 Å². The number of pyridine rings is 1. The van der Waals surface area contributed by atoms with E-state index in [0.717, 1.165) is 19.4 Å². The number of halogens is 4. The summed E-state index contributed by atoms with van der Waals surface area (Å²) < 4.78 is 48.1. The lowest BCUT2D eigenvalue weighted by atomic mass is 9.95. The second kappa shape index (κ2) is 6.84. The first-order valence-electron chi connectivity index (χ1n) is 9.78. The summed E-state index contributed by atoms with van der Waals surface area (Å²) >= 11 is 5.83. The van der Waals surface area contributed by atoms with Crippen molar-refractivity contribution in [2.45, 2.75) is 49.6 Å². The zero-order valence-electron chi connectivity index (χ0n) is 15.9. The van der Waals surface area contributed by atoms with Gasteiger partial charge in [-0.2, -0.15) is 9.97 Å². The van der Waals surface area contributed by atoms with Gasteiger partial charge >= 0.3 is 6.01 Å². The quantitative estimate of drug-likeness (QED) is 0.682. The molecule has 3 aliphatic rings. The maximum Gasteiger partial charge on any atom is 0.319 e. The Hall–Kier alpha value is -1.87. The van der Waals surface area contributed by atoms with Crippen molar-refractivity contribution in [2.24, 2.45) is 0 Å². The normalized spacial score (nSPS) is 31.3. The summed E-state index contributed by atoms with van der Waals surface area (Å²) in [7, 11) is 1.70. The molecule has 0 spiro atoms. The van der Waals surface area contributed by atoms with Crippen molar-refractivity contribution in [1.29, 1.82) is 0 Å². The fraction of sp³-hybridized carbons (Fsp3) is 0.632. The lowest BCUT2D eigenvalue weighted by molar-refractivity contribution is 0.107. The summed E-state index contributed by atoms with van der Waals surface area (Å²) in [6.45, 7) is 1.47. The number of anilines is 1. The van der Waals surface area contributed by atoms with E-state index in [-0.39, 0.29) is 34.9 Å².